The van der Waals surface area contributed by atoms with Crippen LogP contribution in [-0.4, -0.2) is 18.4 Å². The molecule has 1 aromatic rings. The number of thioether (sulfide) groups is 1. The summed E-state index contributed by atoms with van der Waals surface area (Å²) in [5.41, 5.74) is 3.92. The quantitative estimate of drug-likeness (QED) is 0.489. The zero-order valence-electron chi connectivity index (χ0n) is 10.1. The second-order valence-electron chi connectivity index (χ2n) is 4.13. The first kappa shape index (κ1) is 13.4. The van der Waals surface area contributed by atoms with Gasteiger partial charge in [0.2, 0.25) is 0 Å². The summed E-state index contributed by atoms with van der Waals surface area (Å²) in [5.74, 6) is 6.05. The Morgan fingerprint density at radius 3 is 2.94 bits per heavy atom. The fourth-order valence-corrected chi connectivity index (χ4v) is 2.88. The lowest BCUT2D eigenvalue weighted by Gasteiger charge is -2.22. The molecule has 1 unspecified atom stereocenters. The molecule has 5 heteroatoms. The van der Waals surface area contributed by atoms with E-state index in [1.54, 1.807) is 18.4 Å². The third-order valence-corrected chi connectivity index (χ3v) is 4.00. The largest absolute Gasteiger partial charge is 0.501 e. The molecule has 0 saturated carbocycles. The number of ether oxygens (including phenoxy) is 1. The minimum Gasteiger partial charge on any atom is -0.501 e. The summed E-state index contributed by atoms with van der Waals surface area (Å²) in [6.45, 7) is 0.765. The highest BCUT2D eigenvalue weighted by atomic mass is 32.2. The van der Waals surface area contributed by atoms with E-state index in [-0.39, 0.29) is 11.9 Å². The van der Waals surface area contributed by atoms with Crippen molar-refractivity contribution in [3.05, 3.63) is 41.9 Å². The molecule has 1 atom stereocenters. The number of hydrazine groups is 1. The number of nitrogens with two attached hydrogens (primary N) is 1. The number of hydrogen-bond acceptors (Lipinski definition) is 4. The number of nitrogens with one attached hydrogen (secondary N) is 1. The van der Waals surface area contributed by atoms with Gasteiger partial charge < -0.3 is 4.74 Å². The third kappa shape index (κ3) is 3.48. The standard InChI is InChI=1S/C13H17FN2OS/c14-11-5-1-2-6-13(11)18-9-12(16-15)10-4-3-7-17-8-10/h1-2,5-6,8,12,16H,3-4,7,9,15H2. The average Bonchev–Trinajstić information content (AvgIpc) is 2.42. The zero-order chi connectivity index (χ0) is 12.8. The van der Waals surface area contributed by atoms with Crippen molar-refractivity contribution >= 4 is 11.8 Å². The van der Waals surface area contributed by atoms with Crippen LogP contribution in [0.25, 0.3) is 0 Å². The van der Waals surface area contributed by atoms with Gasteiger partial charge in [-0.05, 0) is 30.5 Å². The molecular weight excluding hydrogens is 251 g/mol. The molecular formula is C13H17FN2OS. The van der Waals surface area contributed by atoms with Gasteiger partial charge in [-0.3, -0.25) is 11.3 Å². The normalized spacial score (nSPS) is 16.9. The molecule has 0 amide bonds. The predicted molar refractivity (Wildman–Crippen MR) is 71.5 cm³/mol. The summed E-state index contributed by atoms with van der Waals surface area (Å²) in [6, 6.07) is 6.79. The molecule has 3 nitrogen and oxygen atoms in total. The van der Waals surface area contributed by atoms with Crippen LogP contribution in [0.4, 0.5) is 4.39 Å². The topological polar surface area (TPSA) is 47.3 Å². The molecule has 2 rings (SSSR count). The number of hydrogen-bond donors (Lipinski definition) is 2. The van der Waals surface area contributed by atoms with E-state index in [4.69, 9.17) is 10.6 Å². The van der Waals surface area contributed by atoms with Crippen molar-refractivity contribution in [1.82, 2.24) is 5.43 Å². The fraction of sp³-hybridized carbons (Fsp3) is 0.385. The smallest absolute Gasteiger partial charge is 0.136 e. The SMILES string of the molecule is NNC(CSc1ccccc1F)C1=COCCC1. The maximum absolute atomic E-state index is 13.5. The summed E-state index contributed by atoms with van der Waals surface area (Å²) in [4.78, 5) is 0.648. The summed E-state index contributed by atoms with van der Waals surface area (Å²) < 4.78 is 18.8. The first-order valence-corrected chi connectivity index (χ1v) is 6.94. The van der Waals surface area contributed by atoms with Crippen LogP contribution < -0.4 is 11.3 Å². The van der Waals surface area contributed by atoms with Gasteiger partial charge in [-0.1, -0.05) is 12.1 Å². The molecule has 1 aliphatic rings. The lowest BCUT2D eigenvalue weighted by Crippen LogP contribution is -2.39. The van der Waals surface area contributed by atoms with Gasteiger partial charge >= 0.3 is 0 Å². The van der Waals surface area contributed by atoms with Crippen molar-refractivity contribution in [2.45, 2.75) is 23.8 Å². The molecule has 3 N–H and O–H groups in total. The van der Waals surface area contributed by atoms with E-state index in [1.807, 2.05) is 6.07 Å². The van der Waals surface area contributed by atoms with E-state index >= 15 is 0 Å². The summed E-state index contributed by atoms with van der Waals surface area (Å²) in [5, 5.41) is 0. The monoisotopic (exact) mass is 268 g/mol. The third-order valence-electron chi connectivity index (χ3n) is 2.85. The fourth-order valence-electron chi connectivity index (χ4n) is 1.84. The second-order valence-corrected chi connectivity index (χ2v) is 5.19. The second kappa shape index (κ2) is 6.78. The molecule has 0 aliphatic carbocycles. The Bertz CT molecular complexity index is 425. The first-order chi connectivity index (χ1) is 8.81. The van der Waals surface area contributed by atoms with Crippen LogP contribution in [0.1, 0.15) is 12.8 Å². The summed E-state index contributed by atoms with van der Waals surface area (Å²) >= 11 is 1.46. The van der Waals surface area contributed by atoms with Gasteiger partial charge in [0, 0.05) is 10.6 Å². The molecule has 98 valence electrons. The predicted octanol–water partition coefficient (Wildman–Crippen LogP) is 2.44. The molecule has 0 radical (unpaired) electrons. The molecule has 1 heterocycles. The van der Waals surface area contributed by atoms with Gasteiger partial charge in [-0.2, -0.15) is 0 Å². The molecule has 0 fully saturated rings. The van der Waals surface area contributed by atoms with Gasteiger partial charge in [0.15, 0.2) is 0 Å². The number of rotatable bonds is 5. The Balaban J connectivity index is 1.95. The molecule has 0 spiro atoms. The van der Waals surface area contributed by atoms with Crippen molar-refractivity contribution in [3.63, 3.8) is 0 Å². The summed E-state index contributed by atoms with van der Waals surface area (Å²) in [7, 11) is 0. The van der Waals surface area contributed by atoms with Gasteiger partial charge in [-0.25, -0.2) is 4.39 Å². The van der Waals surface area contributed by atoms with Crippen molar-refractivity contribution in [1.29, 1.82) is 0 Å². The van der Waals surface area contributed by atoms with E-state index < -0.39 is 0 Å². The average molecular weight is 268 g/mol. The Morgan fingerprint density at radius 1 is 1.44 bits per heavy atom. The Labute approximate surface area is 111 Å². The molecule has 18 heavy (non-hydrogen) atoms. The van der Waals surface area contributed by atoms with E-state index in [9.17, 15) is 4.39 Å². The van der Waals surface area contributed by atoms with Gasteiger partial charge in [0.25, 0.3) is 0 Å². The van der Waals surface area contributed by atoms with Crippen LogP contribution in [-0.2, 0) is 4.74 Å². The number of benzene rings is 1. The maximum atomic E-state index is 13.5. The Kier molecular flexibility index (Phi) is 5.04. The van der Waals surface area contributed by atoms with E-state index in [2.05, 4.69) is 5.43 Å². The number of halogens is 1. The zero-order valence-corrected chi connectivity index (χ0v) is 10.9. The molecule has 1 aliphatic heterocycles. The van der Waals surface area contributed by atoms with Crippen LogP contribution in [0.2, 0.25) is 0 Å². The highest BCUT2D eigenvalue weighted by Crippen LogP contribution is 2.25. The molecule has 0 bridgehead atoms. The van der Waals surface area contributed by atoms with Crippen LogP contribution in [0.5, 0.6) is 0 Å². The van der Waals surface area contributed by atoms with E-state index in [1.165, 1.54) is 17.8 Å². The van der Waals surface area contributed by atoms with Crippen molar-refractivity contribution < 1.29 is 9.13 Å². The van der Waals surface area contributed by atoms with Crippen molar-refractivity contribution in [2.24, 2.45) is 5.84 Å². The molecule has 1 aromatic carbocycles. The maximum Gasteiger partial charge on any atom is 0.136 e. The Hall–Kier alpha value is -1.04. The molecule has 0 aromatic heterocycles. The van der Waals surface area contributed by atoms with Gasteiger partial charge in [0.05, 0.1) is 18.9 Å². The lowest BCUT2D eigenvalue weighted by atomic mass is 10.0. The minimum atomic E-state index is -0.188. The highest BCUT2D eigenvalue weighted by molar-refractivity contribution is 7.99. The van der Waals surface area contributed by atoms with Crippen molar-refractivity contribution in [3.8, 4) is 0 Å². The Morgan fingerprint density at radius 2 is 2.28 bits per heavy atom. The van der Waals surface area contributed by atoms with Crippen LogP contribution in [0.3, 0.4) is 0 Å². The van der Waals surface area contributed by atoms with Crippen LogP contribution >= 0.6 is 11.8 Å². The molecule has 0 saturated heterocycles. The van der Waals surface area contributed by atoms with E-state index in [0.717, 1.165) is 25.0 Å². The van der Waals surface area contributed by atoms with Crippen LogP contribution in [0, 0.1) is 5.82 Å². The highest BCUT2D eigenvalue weighted by Gasteiger charge is 2.16. The van der Waals surface area contributed by atoms with Gasteiger partial charge in [0.1, 0.15) is 5.82 Å². The van der Waals surface area contributed by atoms with Crippen LogP contribution in [0.15, 0.2) is 41.0 Å². The minimum absolute atomic E-state index is 0.0231. The first-order valence-electron chi connectivity index (χ1n) is 5.95. The van der Waals surface area contributed by atoms with Crippen molar-refractivity contribution in [2.75, 3.05) is 12.4 Å². The van der Waals surface area contributed by atoms with E-state index in [0.29, 0.717) is 10.6 Å². The lowest BCUT2D eigenvalue weighted by molar-refractivity contribution is 0.220. The van der Waals surface area contributed by atoms with Gasteiger partial charge in [-0.15, -0.1) is 11.8 Å². The summed E-state index contributed by atoms with van der Waals surface area (Å²) in [6.07, 6.45) is 3.76.